The molecule has 9 atom stereocenters. The Bertz CT molecular complexity index is 1760. The summed E-state index contributed by atoms with van der Waals surface area (Å²) in [7, 11) is -4.29. The number of hydrogen-bond acceptors (Lipinski definition) is 19. The fourth-order valence-electron chi connectivity index (χ4n) is 7.04. The molecule has 0 aromatic carbocycles. The Hall–Kier alpha value is -3.86. The third kappa shape index (κ3) is 10.4. The van der Waals surface area contributed by atoms with Crippen molar-refractivity contribution in [2.24, 2.45) is 0 Å². The van der Waals surface area contributed by atoms with Crippen LogP contribution in [-0.2, 0) is 66.9 Å². The van der Waals surface area contributed by atoms with Crippen LogP contribution in [0.15, 0.2) is 12.7 Å². The number of nitrogens with two attached hydrogens (primary N) is 1. The number of nitrogens with one attached hydrogen (secondary N) is 1. The molecule has 1 amide bonds. The minimum atomic E-state index is -4.29. The zero-order chi connectivity index (χ0) is 42.2. The van der Waals surface area contributed by atoms with Crippen LogP contribution in [0.2, 0.25) is 0 Å². The van der Waals surface area contributed by atoms with Gasteiger partial charge in [0.15, 0.2) is 30.0 Å². The normalized spacial score (nSPS) is 27.4. The second-order valence-electron chi connectivity index (χ2n) is 14.0. The summed E-state index contributed by atoms with van der Waals surface area (Å²) >= 11 is 0. The molecule has 2 aromatic rings. The highest BCUT2D eigenvalue weighted by molar-refractivity contribution is 7.57. The van der Waals surface area contributed by atoms with Crippen LogP contribution in [0.4, 0.5) is 5.82 Å². The molecule has 0 radical (unpaired) electrons. The molecule has 23 heteroatoms. The first-order valence-corrected chi connectivity index (χ1v) is 20.0. The summed E-state index contributed by atoms with van der Waals surface area (Å²) in [5.41, 5.74) is 4.52. The highest BCUT2D eigenvalue weighted by Crippen LogP contribution is 2.70. The van der Waals surface area contributed by atoms with Crippen LogP contribution in [0.3, 0.4) is 0 Å². The molecule has 5 N–H and O–H groups in total. The highest BCUT2D eigenvalue weighted by atomic mass is 31.2. The van der Waals surface area contributed by atoms with Crippen molar-refractivity contribution >= 4 is 48.3 Å². The molecule has 4 rings (SSSR count). The van der Waals surface area contributed by atoms with Gasteiger partial charge in [0.2, 0.25) is 11.4 Å². The number of rotatable bonds is 19. The molecule has 0 saturated carbocycles. The number of aromatic nitrogens is 4. The van der Waals surface area contributed by atoms with Gasteiger partial charge in [-0.25, -0.2) is 19.6 Å². The zero-order valence-corrected chi connectivity index (χ0v) is 34.2. The Morgan fingerprint density at radius 2 is 1.63 bits per heavy atom. The second kappa shape index (κ2) is 19.7. The van der Waals surface area contributed by atoms with E-state index >= 15 is 4.57 Å². The zero-order valence-electron chi connectivity index (χ0n) is 33.3. The summed E-state index contributed by atoms with van der Waals surface area (Å²) in [4.78, 5) is 60.7. The number of hydrogen-bond donors (Lipinski definition) is 4. The van der Waals surface area contributed by atoms with Gasteiger partial charge in [-0.2, -0.15) is 0 Å². The van der Waals surface area contributed by atoms with Gasteiger partial charge in [0.1, 0.15) is 43.0 Å². The Balaban J connectivity index is 1.54. The second-order valence-corrected chi connectivity index (χ2v) is 16.5. The molecule has 2 aliphatic heterocycles. The van der Waals surface area contributed by atoms with Gasteiger partial charge >= 0.3 is 25.4 Å². The Morgan fingerprint density at radius 3 is 2.21 bits per heavy atom. The molecular weight excluding hydrogens is 777 g/mol. The molecule has 2 fully saturated rings. The number of ether oxygens (including phenoxy) is 7. The molecule has 0 bridgehead atoms. The predicted molar refractivity (Wildman–Crippen MR) is 197 cm³/mol. The fraction of sp³-hybridized carbons (Fsp3) is 0.735. The maximum Gasteiger partial charge on any atom is 0.325 e. The Kier molecular flexibility index (Phi) is 15.9. The lowest BCUT2D eigenvalue weighted by Crippen LogP contribution is -2.66. The number of nitrogen functional groups attached to an aromatic ring is 1. The predicted octanol–water partition coefficient (Wildman–Crippen LogP) is 0.179. The monoisotopic (exact) mass is 831 g/mol. The van der Waals surface area contributed by atoms with E-state index in [-0.39, 0.29) is 61.9 Å². The Morgan fingerprint density at radius 1 is 0.982 bits per heavy atom. The molecule has 0 aliphatic carbocycles. The fourth-order valence-corrected chi connectivity index (χ4v) is 10.4. The van der Waals surface area contributed by atoms with Crippen molar-refractivity contribution in [3.8, 4) is 0 Å². The number of carbonyl (C=O) groups excluding carboxylic acids is 4. The van der Waals surface area contributed by atoms with E-state index < -0.39 is 92.9 Å². The summed E-state index contributed by atoms with van der Waals surface area (Å²) in [5.74, 6) is -2.62. The van der Waals surface area contributed by atoms with E-state index in [1.54, 1.807) is 4.67 Å². The minimum absolute atomic E-state index is 0.0650. The summed E-state index contributed by atoms with van der Waals surface area (Å²) in [6.45, 7) is 10.4. The lowest BCUT2D eigenvalue weighted by atomic mass is 9.96. The van der Waals surface area contributed by atoms with Crippen molar-refractivity contribution in [3.05, 3.63) is 12.7 Å². The molecule has 4 heterocycles. The molecular formula is C34H54N7O15P. The van der Waals surface area contributed by atoms with Crippen LogP contribution < -0.4 is 11.1 Å². The molecule has 2 aliphatic rings. The number of carbonyl (C=O) groups is 4. The van der Waals surface area contributed by atoms with Crippen molar-refractivity contribution in [3.63, 3.8) is 0 Å². The van der Waals surface area contributed by atoms with Gasteiger partial charge in [-0.1, -0.05) is 0 Å². The first kappa shape index (κ1) is 45.8. The van der Waals surface area contributed by atoms with Gasteiger partial charge in [0, 0.05) is 46.2 Å². The van der Waals surface area contributed by atoms with E-state index in [1.165, 1.54) is 31.1 Å². The standard InChI is InChI=1S/C34H54N7O15P/c1-18(2)41(19(3)4)57(48,34(13-24(47)25(14-42)56-34)40-17-38-28-31(35)36-16-37-32(28)40)52-12-10-49-9-11-50-33-27(39-20(5)43)30(54-23(8)46)29(53-22(7)45)26(55-33)15-51-21(6)44/h16-19,24-27,29-30,33,42,47H,9-15H2,1-8H3,(H,39,43)(H2,35,36,37)/t24-,25+,26+,27+,29-,30+,33+,34-,57?/m0/s1. The van der Waals surface area contributed by atoms with Crippen LogP contribution in [0, 0.1) is 0 Å². The quantitative estimate of drug-likeness (QED) is 0.0635. The van der Waals surface area contributed by atoms with Gasteiger partial charge in [-0.05, 0) is 27.7 Å². The maximum atomic E-state index is 15.7. The number of aliphatic hydroxyl groups excluding tert-OH is 2. The molecule has 2 aromatic heterocycles. The van der Waals surface area contributed by atoms with Gasteiger partial charge in [-0.3, -0.25) is 28.3 Å². The number of esters is 3. The first-order valence-electron chi connectivity index (χ1n) is 18.4. The van der Waals surface area contributed by atoms with Crippen molar-refractivity contribution in [1.29, 1.82) is 0 Å². The number of imidazole rings is 1. The summed E-state index contributed by atoms with van der Waals surface area (Å²) in [6, 6.07) is -1.92. The van der Waals surface area contributed by atoms with E-state index in [0.29, 0.717) is 0 Å². The van der Waals surface area contributed by atoms with E-state index in [4.69, 9.17) is 43.4 Å². The first-order chi connectivity index (χ1) is 26.9. The number of nitrogens with zero attached hydrogens (tertiary/aromatic N) is 5. The summed E-state index contributed by atoms with van der Waals surface area (Å²) < 4.78 is 65.2. The number of aliphatic hydroxyl groups is 2. The SMILES string of the molecule is CC(=O)N[C@H]1[C@H](OCCOCCOP(=O)(N(C(C)C)C(C)C)[C@]2(n3cnc4c(N)ncnc43)C[C@H](O)[C@@H](CO)O2)O[C@H](COC(C)=O)[C@H](OC(C)=O)[C@@H]1OC(C)=O. The van der Waals surface area contributed by atoms with Crippen LogP contribution >= 0.6 is 7.52 Å². The van der Waals surface area contributed by atoms with E-state index in [1.807, 2.05) is 27.7 Å². The van der Waals surface area contributed by atoms with Crippen LogP contribution in [-0.4, -0.2) is 153 Å². The summed E-state index contributed by atoms with van der Waals surface area (Å²) in [6.07, 6.45) is -5.13. The molecule has 0 spiro atoms. The molecule has 1 unspecified atom stereocenters. The number of fused-ring (bicyclic) bond motifs is 1. The Labute approximate surface area is 329 Å². The van der Waals surface area contributed by atoms with Gasteiger partial charge < -0.3 is 58.9 Å². The average molecular weight is 832 g/mol. The molecule has 57 heavy (non-hydrogen) atoms. The maximum absolute atomic E-state index is 15.7. The largest absolute Gasteiger partial charge is 0.463 e. The molecule has 22 nitrogen and oxygen atoms in total. The van der Waals surface area contributed by atoms with Crippen molar-refractivity contribution < 1.29 is 71.6 Å². The minimum Gasteiger partial charge on any atom is -0.463 e. The van der Waals surface area contributed by atoms with Crippen LogP contribution in [0.1, 0.15) is 61.8 Å². The van der Waals surface area contributed by atoms with E-state index in [2.05, 4.69) is 20.3 Å². The van der Waals surface area contributed by atoms with Crippen molar-refractivity contribution in [1.82, 2.24) is 29.5 Å². The third-order valence-corrected chi connectivity index (χ3v) is 12.5. The third-order valence-electron chi connectivity index (χ3n) is 9.04. The van der Waals surface area contributed by atoms with Gasteiger partial charge in [0.05, 0.1) is 39.1 Å². The number of amides is 1. The lowest BCUT2D eigenvalue weighted by Gasteiger charge is -2.46. The van der Waals surface area contributed by atoms with Gasteiger partial charge in [0.25, 0.3) is 0 Å². The van der Waals surface area contributed by atoms with Crippen LogP contribution in [0.25, 0.3) is 11.2 Å². The molecule has 320 valence electrons. The highest BCUT2D eigenvalue weighted by Gasteiger charge is 2.64. The van der Waals surface area contributed by atoms with Crippen molar-refractivity contribution in [2.75, 3.05) is 45.4 Å². The van der Waals surface area contributed by atoms with E-state index in [9.17, 15) is 29.4 Å². The van der Waals surface area contributed by atoms with Crippen molar-refractivity contribution in [2.45, 2.75) is 122 Å². The van der Waals surface area contributed by atoms with Crippen LogP contribution in [0.5, 0.6) is 0 Å². The number of anilines is 1. The smallest absolute Gasteiger partial charge is 0.325 e. The van der Waals surface area contributed by atoms with Gasteiger partial charge in [-0.15, -0.1) is 0 Å². The lowest BCUT2D eigenvalue weighted by molar-refractivity contribution is -0.279. The van der Waals surface area contributed by atoms with E-state index in [0.717, 1.165) is 13.8 Å². The molecule has 2 saturated heterocycles. The average Bonchev–Trinajstić information content (AvgIpc) is 3.71. The summed E-state index contributed by atoms with van der Waals surface area (Å²) in [5, 5.41) is 23.8. The topological polar surface area (TPSA) is 285 Å².